The van der Waals surface area contributed by atoms with Crippen molar-refractivity contribution in [1.82, 2.24) is 9.21 Å². The molecule has 2 aliphatic rings. The normalized spacial score (nSPS) is 26.8. The Balaban J connectivity index is 1.70. The molecule has 2 fully saturated rings. The molecule has 2 atom stereocenters. The Kier molecular flexibility index (Phi) is 6.29. The summed E-state index contributed by atoms with van der Waals surface area (Å²) in [4.78, 5) is 2.68. The molecule has 0 saturated carbocycles. The van der Waals surface area contributed by atoms with Gasteiger partial charge in [0.05, 0.1) is 19.3 Å². The van der Waals surface area contributed by atoms with Crippen molar-refractivity contribution in [2.45, 2.75) is 49.8 Å². The highest BCUT2D eigenvalue weighted by atomic mass is 79.9. The standard InChI is InChI=1S/C18H27BrN2O4S/c1-13-11-20(12-14(2)25-13)16-6-8-21(9-7-16)26(22,23)18-10-15(19)4-5-17(18)24-3/h4-5,10,13-14,16H,6-9,11-12H2,1-3H3. The molecule has 2 heterocycles. The zero-order chi connectivity index (χ0) is 18.9. The van der Waals surface area contributed by atoms with Crippen molar-refractivity contribution in [3.63, 3.8) is 0 Å². The molecular weight excluding hydrogens is 420 g/mol. The Hall–Kier alpha value is -0.670. The molecule has 0 aliphatic carbocycles. The van der Waals surface area contributed by atoms with Gasteiger partial charge in [0.2, 0.25) is 10.0 Å². The van der Waals surface area contributed by atoms with E-state index in [1.807, 2.05) is 0 Å². The fourth-order valence-corrected chi connectivity index (χ4v) is 6.12. The number of hydrogen-bond donors (Lipinski definition) is 0. The molecular formula is C18H27BrN2O4S. The Morgan fingerprint density at radius 2 is 1.77 bits per heavy atom. The van der Waals surface area contributed by atoms with Crippen LogP contribution >= 0.6 is 15.9 Å². The molecule has 0 N–H and O–H groups in total. The highest BCUT2D eigenvalue weighted by Crippen LogP contribution is 2.32. The lowest BCUT2D eigenvalue weighted by Gasteiger charge is -2.43. The number of benzene rings is 1. The predicted molar refractivity (Wildman–Crippen MR) is 104 cm³/mol. The molecule has 0 bridgehead atoms. The Labute approximate surface area is 164 Å². The second-order valence-corrected chi connectivity index (χ2v) is 9.96. The van der Waals surface area contributed by atoms with Gasteiger partial charge in [-0.1, -0.05) is 15.9 Å². The van der Waals surface area contributed by atoms with Crippen LogP contribution in [0.2, 0.25) is 0 Å². The average molecular weight is 447 g/mol. The molecule has 1 aromatic rings. The lowest BCUT2D eigenvalue weighted by Crippen LogP contribution is -2.53. The molecule has 0 radical (unpaired) electrons. The third-order valence-electron chi connectivity index (χ3n) is 5.13. The third kappa shape index (κ3) is 4.25. The SMILES string of the molecule is COc1ccc(Br)cc1S(=O)(=O)N1CCC(N2CC(C)OC(C)C2)CC1. The van der Waals surface area contributed by atoms with Crippen molar-refractivity contribution < 1.29 is 17.9 Å². The topological polar surface area (TPSA) is 59.1 Å². The smallest absolute Gasteiger partial charge is 0.246 e. The van der Waals surface area contributed by atoms with E-state index in [1.54, 1.807) is 22.5 Å². The van der Waals surface area contributed by atoms with E-state index >= 15 is 0 Å². The second kappa shape index (κ2) is 8.14. The van der Waals surface area contributed by atoms with Crippen LogP contribution in [-0.4, -0.2) is 69.2 Å². The summed E-state index contributed by atoms with van der Waals surface area (Å²) in [5.41, 5.74) is 0. The van der Waals surface area contributed by atoms with E-state index in [9.17, 15) is 8.42 Å². The summed E-state index contributed by atoms with van der Waals surface area (Å²) in [6, 6.07) is 5.50. The van der Waals surface area contributed by atoms with Crippen molar-refractivity contribution in [2.24, 2.45) is 0 Å². The van der Waals surface area contributed by atoms with E-state index in [1.165, 1.54) is 7.11 Å². The minimum absolute atomic E-state index is 0.224. The first-order valence-corrected chi connectivity index (χ1v) is 11.3. The number of methoxy groups -OCH3 is 1. The van der Waals surface area contributed by atoms with E-state index in [4.69, 9.17) is 9.47 Å². The van der Waals surface area contributed by atoms with Crippen LogP contribution in [0.15, 0.2) is 27.6 Å². The molecule has 2 saturated heterocycles. The largest absolute Gasteiger partial charge is 0.495 e. The number of piperidine rings is 1. The monoisotopic (exact) mass is 446 g/mol. The molecule has 8 heteroatoms. The van der Waals surface area contributed by atoms with Crippen LogP contribution in [0.5, 0.6) is 5.75 Å². The molecule has 26 heavy (non-hydrogen) atoms. The fraction of sp³-hybridized carbons (Fsp3) is 0.667. The summed E-state index contributed by atoms with van der Waals surface area (Å²) in [5, 5.41) is 0. The maximum absolute atomic E-state index is 13.1. The Morgan fingerprint density at radius 3 is 2.35 bits per heavy atom. The summed E-state index contributed by atoms with van der Waals surface area (Å²) in [6.07, 6.45) is 2.14. The van der Waals surface area contributed by atoms with Crippen molar-refractivity contribution in [2.75, 3.05) is 33.3 Å². The molecule has 3 rings (SSSR count). The average Bonchev–Trinajstić information content (AvgIpc) is 2.61. The van der Waals surface area contributed by atoms with Gasteiger partial charge in [0.15, 0.2) is 0 Å². The van der Waals surface area contributed by atoms with Gasteiger partial charge in [-0.3, -0.25) is 4.90 Å². The first-order valence-electron chi connectivity index (χ1n) is 9.04. The second-order valence-electron chi connectivity index (χ2n) is 7.14. The van der Waals surface area contributed by atoms with Gasteiger partial charge in [0.1, 0.15) is 10.6 Å². The number of hydrogen-bond acceptors (Lipinski definition) is 5. The zero-order valence-electron chi connectivity index (χ0n) is 15.5. The van der Waals surface area contributed by atoms with Crippen molar-refractivity contribution >= 4 is 26.0 Å². The van der Waals surface area contributed by atoms with Crippen LogP contribution in [0.4, 0.5) is 0 Å². The van der Waals surface area contributed by atoms with E-state index in [0.717, 1.165) is 30.4 Å². The summed E-state index contributed by atoms with van der Waals surface area (Å²) >= 11 is 3.36. The lowest BCUT2D eigenvalue weighted by atomic mass is 10.0. The van der Waals surface area contributed by atoms with Crippen LogP contribution in [0, 0.1) is 0 Å². The van der Waals surface area contributed by atoms with E-state index in [0.29, 0.717) is 24.9 Å². The van der Waals surface area contributed by atoms with Gasteiger partial charge in [0.25, 0.3) is 0 Å². The number of sulfonamides is 1. The fourth-order valence-electron chi connectivity index (χ4n) is 3.95. The maximum Gasteiger partial charge on any atom is 0.246 e. The quantitative estimate of drug-likeness (QED) is 0.711. The minimum atomic E-state index is -3.57. The van der Waals surface area contributed by atoms with E-state index in [2.05, 4.69) is 34.7 Å². The summed E-state index contributed by atoms with van der Waals surface area (Å²) < 4.78 is 39.6. The van der Waals surface area contributed by atoms with Crippen LogP contribution < -0.4 is 4.74 Å². The molecule has 0 aromatic heterocycles. The molecule has 146 valence electrons. The first-order chi connectivity index (χ1) is 12.3. The number of morpholine rings is 1. The van der Waals surface area contributed by atoms with Gasteiger partial charge in [0, 0.05) is 36.7 Å². The highest BCUT2D eigenvalue weighted by molar-refractivity contribution is 9.10. The first kappa shape index (κ1) is 20.1. The molecule has 6 nitrogen and oxygen atoms in total. The number of rotatable bonds is 4. The van der Waals surface area contributed by atoms with E-state index < -0.39 is 10.0 Å². The van der Waals surface area contributed by atoms with Crippen molar-refractivity contribution in [3.8, 4) is 5.75 Å². The van der Waals surface area contributed by atoms with Gasteiger partial charge in [-0.2, -0.15) is 4.31 Å². The van der Waals surface area contributed by atoms with Gasteiger partial charge in [-0.25, -0.2) is 8.42 Å². The highest BCUT2D eigenvalue weighted by Gasteiger charge is 2.35. The summed E-state index contributed by atoms with van der Waals surface area (Å²) in [5.74, 6) is 0.381. The molecule has 0 spiro atoms. The van der Waals surface area contributed by atoms with Gasteiger partial charge >= 0.3 is 0 Å². The molecule has 0 amide bonds. The Morgan fingerprint density at radius 1 is 1.15 bits per heavy atom. The van der Waals surface area contributed by atoms with Gasteiger partial charge < -0.3 is 9.47 Å². The minimum Gasteiger partial charge on any atom is -0.495 e. The summed E-state index contributed by atoms with van der Waals surface area (Å²) in [7, 11) is -2.07. The maximum atomic E-state index is 13.1. The van der Waals surface area contributed by atoms with Gasteiger partial charge in [-0.05, 0) is 44.9 Å². The zero-order valence-corrected chi connectivity index (χ0v) is 17.9. The predicted octanol–water partition coefficient (Wildman–Crippen LogP) is 2.72. The molecule has 2 unspecified atom stereocenters. The van der Waals surface area contributed by atoms with Crippen LogP contribution in [-0.2, 0) is 14.8 Å². The number of ether oxygens (including phenoxy) is 2. The van der Waals surface area contributed by atoms with Crippen LogP contribution in [0.1, 0.15) is 26.7 Å². The number of halogens is 1. The molecule has 1 aromatic carbocycles. The van der Waals surface area contributed by atoms with Gasteiger partial charge in [-0.15, -0.1) is 0 Å². The van der Waals surface area contributed by atoms with Crippen molar-refractivity contribution in [3.05, 3.63) is 22.7 Å². The lowest BCUT2D eigenvalue weighted by molar-refractivity contribution is -0.0847. The van der Waals surface area contributed by atoms with Crippen LogP contribution in [0.25, 0.3) is 0 Å². The van der Waals surface area contributed by atoms with Crippen molar-refractivity contribution in [1.29, 1.82) is 0 Å². The Bertz CT molecular complexity index is 725. The number of nitrogens with zero attached hydrogens (tertiary/aromatic N) is 2. The summed E-state index contributed by atoms with van der Waals surface area (Å²) in [6.45, 7) is 7.09. The van der Waals surface area contributed by atoms with E-state index in [-0.39, 0.29) is 17.1 Å². The van der Waals surface area contributed by atoms with Crippen LogP contribution in [0.3, 0.4) is 0 Å². The molecule has 2 aliphatic heterocycles. The third-order valence-corrected chi connectivity index (χ3v) is 7.54.